The summed E-state index contributed by atoms with van der Waals surface area (Å²) in [5.74, 6) is 0. The Morgan fingerprint density at radius 1 is 0.897 bits per heavy atom. The lowest BCUT2D eigenvalue weighted by Gasteiger charge is -2.34. The third-order valence-electron chi connectivity index (χ3n) is 5.56. The Kier molecular flexibility index (Phi) is 6.26. The van der Waals surface area contributed by atoms with Gasteiger partial charge in [0.2, 0.25) is 0 Å². The SMILES string of the molecule is CCc1cc2oc(=O)cc(CN3CCN(Cc4ccc(Cl)cc4)CC3)c2cc1Cl. The molecule has 0 bridgehead atoms. The van der Waals surface area contributed by atoms with E-state index in [0.717, 1.165) is 72.2 Å². The molecule has 29 heavy (non-hydrogen) atoms. The molecule has 0 spiro atoms. The molecule has 0 saturated carbocycles. The maximum atomic E-state index is 12.1. The minimum atomic E-state index is -0.307. The lowest BCUT2D eigenvalue weighted by Crippen LogP contribution is -2.45. The average molecular weight is 431 g/mol. The van der Waals surface area contributed by atoms with E-state index < -0.39 is 0 Å². The summed E-state index contributed by atoms with van der Waals surface area (Å²) in [6.45, 7) is 7.58. The van der Waals surface area contributed by atoms with Gasteiger partial charge >= 0.3 is 5.63 Å². The van der Waals surface area contributed by atoms with Crippen molar-refractivity contribution in [2.45, 2.75) is 26.4 Å². The summed E-state index contributed by atoms with van der Waals surface area (Å²) in [5, 5.41) is 2.42. The lowest BCUT2D eigenvalue weighted by atomic mass is 10.1. The molecule has 152 valence electrons. The van der Waals surface area contributed by atoms with Gasteiger partial charge in [-0.3, -0.25) is 9.80 Å². The summed E-state index contributed by atoms with van der Waals surface area (Å²) >= 11 is 12.4. The Morgan fingerprint density at radius 2 is 1.55 bits per heavy atom. The molecule has 3 aromatic rings. The summed E-state index contributed by atoms with van der Waals surface area (Å²) in [5.41, 5.74) is 3.56. The molecule has 2 aromatic carbocycles. The second-order valence-electron chi connectivity index (χ2n) is 7.56. The second-order valence-corrected chi connectivity index (χ2v) is 8.41. The van der Waals surface area contributed by atoms with Crippen LogP contribution in [-0.4, -0.2) is 36.0 Å². The average Bonchev–Trinajstić information content (AvgIpc) is 2.71. The summed E-state index contributed by atoms with van der Waals surface area (Å²) in [6, 6.07) is 13.5. The van der Waals surface area contributed by atoms with Gasteiger partial charge in [0.1, 0.15) is 5.58 Å². The summed E-state index contributed by atoms with van der Waals surface area (Å²) < 4.78 is 5.43. The topological polar surface area (TPSA) is 36.7 Å². The molecule has 2 heterocycles. The molecule has 4 rings (SSSR count). The van der Waals surface area contributed by atoms with Gasteiger partial charge in [0.25, 0.3) is 0 Å². The van der Waals surface area contributed by atoms with Crippen LogP contribution in [0.1, 0.15) is 23.6 Å². The molecular formula is C23H24Cl2N2O2. The Hall–Kier alpha value is -1.85. The van der Waals surface area contributed by atoms with Gasteiger partial charge in [-0.25, -0.2) is 4.79 Å². The Bertz CT molecular complexity index is 1050. The molecule has 0 radical (unpaired) electrons. The van der Waals surface area contributed by atoms with Crippen molar-refractivity contribution in [3.8, 4) is 0 Å². The van der Waals surface area contributed by atoms with Gasteiger partial charge in [-0.05, 0) is 47.4 Å². The number of fused-ring (bicyclic) bond motifs is 1. The van der Waals surface area contributed by atoms with Crippen LogP contribution in [0.5, 0.6) is 0 Å². The van der Waals surface area contributed by atoms with Crippen molar-refractivity contribution in [2.24, 2.45) is 0 Å². The molecule has 1 saturated heterocycles. The highest BCUT2D eigenvalue weighted by Crippen LogP contribution is 2.27. The summed E-state index contributed by atoms with van der Waals surface area (Å²) in [7, 11) is 0. The van der Waals surface area contributed by atoms with E-state index in [1.54, 1.807) is 6.07 Å². The first-order valence-electron chi connectivity index (χ1n) is 9.96. The number of nitrogens with zero attached hydrogens (tertiary/aromatic N) is 2. The molecule has 6 heteroatoms. The fourth-order valence-corrected chi connectivity index (χ4v) is 4.31. The van der Waals surface area contributed by atoms with Crippen LogP contribution in [0, 0.1) is 0 Å². The zero-order valence-corrected chi connectivity index (χ0v) is 18.0. The standard InChI is InChI=1S/C23H24Cl2N2O2/c1-2-17-11-22-20(13-21(17)25)18(12-23(28)29-22)15-27-9-7-26(8-10-27)14-16-3-5-19(24)6-4-16/h3-6,11-13H,2,7-10,14-15H2,1H3. The zero-order chi connectivity index (χ0) is 20.4. The van der Waals surface area contributed by atoms with Gasteiger partial charge in [-0.15, -0.1) is 0 Å². The van der Waals surface area contributed by atoms with Crippen LogP contribution >= 0.6 is 23.2 Å². The van der Waals surface area contributed by atoms with Crippen LogP contribution in [0.2, 0.25) is 10.0 Å². The normalized spacial score (nSPS) is 15.8. The molecule has 1 aromatic heterocycles. The first kappa shape index (κ1) is 20.4. The van der Waals surface area contributed by atoms with Crippen LogP contribution in [0.4, 0.5) is 0 Å². The highest BCUT2D eigenvalue weighted by Gasteiger charge is 2.19. The van der Waals surface area contributed by atoms with E-state index in [4.69, 9.17) is 27.6 Å². The predicted molar refractivity (Wildman–Crippen MR) is 119 cm³/mol. The number of hydrogen-bond acceptors (Lipinski definition) is 4. The van der Waals surface area contributed by atoms with Crippen LogP contribution in [0.15, 0.2) is 51.7 Å². The minimum Gasteiger partial charge on any atom is -0.423 e. The van der Waals surface area contributed by atoms with Gasteiger partial charge in [-0.2, -0.15) is 0 Å². The smallest absolute Gasteiger partial charge is 0.336 e. The van der Waals surface area contributed by atoms with E-state index in [2.05, 4.69) is 21.9 Å². The highest BCUT2D eigenvalue weighted by molar-refractivity contribution is 6.32. The molecule has 0 atom stereocenters. The number of piperazine rings is 1. The number of rotatable bonds is 5. The van der Waals surface area contributed by atoms with Crippen molar-refractivity contribution < 1.29 is 4.42 Å². The fraction of sp³-hybridized carbons (Fsp3) is 0.348. The highest BCUT2D eigenvalue weighted by atomic mass is 35.5. The molecule has 1 fully saturated rings. The van der Waals surface area contributed by atoms with Crippen molar-refractivity contribution >= 4 is 34.2 Å². The lowest BCUT2D eigenvalue weighted by molar-refractivity contribution is 0.122. The van der Waals surface area contributed by atoms with Crippen molar-refractivity contribution in [2.75, 3.05) is 26.2 Å². The van der Waals surface area contributed by atoms with E-state index in [-0.39, 0.29) is 5.63 Å². The fourth-order valence-electron chi connectivity index (χ4n) is 3.88. The molecular weight excluding hydrogens is 407 g/mol. The third kappa shape index (κ3) is 4.84. The van der Waals surface area contributed by atoms with Gasteiger partial charge < -0.3 is 4.42 Å². The first-order chi connectivity index (χ1) is 14.0. The van der Waals surface area contributed by atoms with E-state index in [1.165, 1.54) is 5.56 Å². The molecule has 1 aliphatic rings. The van der Waals surface area contributed by atoms with E-state index in [0.29, 0.717) is 5.58 Å². The monoisotopic (exact) mass is 430 g/mol. The van der Waals surface area contributed by atoms with Crippen molar-refractivity contribution in [1.82, 2.24) is 9.80 Å². The third-order valence-corrected chi connectivity index (χ3v) is 6.16. The van der Waals surface area contributed by atoms with Gasteiger partial charge in [-0.1, -0.05) is 42.3 Å². The van der Waals surface area contributed by atoms with Gasteiger partial charge in [0.15, 0.2) is 0 Å². The van der Waals surface area contributed by atoms with Crippen molar-refractivity contribution in [3.63, 3.8) is 0 Å². The van der Waals surface area contributed by atoms with Gasteiger partial charge in [0.05, 0.1) is 0 Å². The summed E-state index contributed by atoms with van der Waals surface area (Å²) in [6.07, 6.45) is 0.804. The summed E-state index contributed by atoms with van der Waals surface area (Å²) in [4.78, 5) is 16.9. The Labute approximate surface area is 180 Å². The first-order valence-corrected chi connectivity index (χ1v) is 10.7. The number of benzene rings is 2. The number of halogens is 2. The van der Waals surface area contributed by atoms with Gasteiger partial charge in [0, 0.05) is 60.8 Å². The zero-order valence-electron chi connectivity index (χ0n) is 16.5. The number of aryl methyl sites for hydroxylation is 1. The molecule has 1 aliphatic heterocycles. The molecule has 0 N–H and O–H groups in total. The van der Waals surface area contributed by atoms with E-state index in [1.807, 2.05) is 31.2 Å². The molecule has 0 unspecified atom stereocenters. The van der Waals surface area contributed by atoms with Crippen molar-refractivity contribution in [1.29, 1.82) is 0 Å². The minimum absolute atomic E-state index is 0.307. The number of hydrogen-bond donors (Lipinski definition) is 0. The molecule has 4 nitrogen and oxygen atoms in total. The van der Waals surface area contributed by atoms with Crippen LogP contribution in [-0.2, 0) is 19.5 Å². The van der Waals surface area contributed by atoms with E-state index >= 15 is 0 Å². The largest absolute Gasteiger partial charge is 0.423 e. The molecule has 0 aliphatic carbocycles. The van der Waals surface area contributed by atoms with Crippen LogP contribution in [0.25, 0.3) is 11.0 Å². The van der Waals surface area contributed by atoms with E-state index in [9.17, 15) is 4.79 Å². The Balaban J connectivity index is 1.45. The van der Waals surface area contributed by atoms with Crippen molar-refractivity contribution in [3.05, 3.63) is 79.6 Å². The van der Waals surface area contributed by atoms with Crippen LogP contribution in [0.3, 0.4) is 0 Å². The molecule has 0 amide bonds. The second kappa shape index (κ2) is 8.88. The maximum Gasteiger partial charge on any atom is 0.336 e. The Morgan fingerprint density at radius 3 is 2.21 bits per heavy atom. The predicted octanol–water partition coefficient (Wildman–Crippen LogP) is 4.98. The maximum absolute atomic E-state index is 12.1. The van der Waals surface area contributed by atoms with Crippen LogP contribution < -0.4 is 5.63 Å². The quantitative estimate of drug-likeness (QED) is 0.534.